The predicted molar refractivity (Wildman–Crippen MR) is 99.6 cm³/mol. The molecule has 0 bridgehead atoms. The van der Waals surface area contributed by atoms with Crippen molar-refractivity contribution in [3.05, 3.63) is 58.7 Å². The van der Waals surface area contributed by atoms with Crippen molar-refractivity contribution in [3.8, 4) is 11.5 Å². The number of carbonyl (C=O) groups is 2. The Morgan fingerprint density at radius 3 is 1.89 bits per heavy atom. The van der Waals surface area contributed by atoms with Gasteiger partial charge in [-0.05, 0) is 31.2 Å². The molecule has 0 fully saturated rings. The molecule has 0 aliphatic heterocycles. The van der Waals surface area contributed by atoms with E-state index in [1.54, 1.807) is 6.92 Å². The molecule has 2 aromatic carbocycles. The van der Waals surface area contributed by atoms with Crippen LogP contribution >= 0.6 is 0 Å². The van der Waals surface area contributed by atoms with E-state index in [-0.39, 0.29) is 46.3 Å². The van der Waals surface area contributed by atoms with Gasteiger partial charge >= 0.3 is 11.9 Å². The van der Waals surface area contributed by atoms with Gasteiger partial charge < -0.3 is 20.4 Å². The van der Waals surface area contributed by atoms with Crippen molar-refractivity contribution >= 4 is 24.4 Å². The Bertz CT molecular complexity index is 920. The summed E-state index contributed by atoms with van der Waals surface area (Å²) in [6, 6.07) is 8.38. The lowest BCUT2D eigenvalue weighted by Gasteiger charge is -2.05. The van der Waals surface area contributed by atoms with Crippen LogP contribution in [0.3, 0.4) is 0 Å². The number of hydrogen-bond acceptors (Lipinski definition) is 6. The molecule has 140 valence electrons. The molecule has 2 aromatic rings. The summed E-state index contributed by atoms with van der Waals surface area (Å²) in [5.41, 5.74) is 0.132. The topological polar surface area (TPSA) is 140 Å². The lowest BCUT2D eigenvalue weighted by Crippen LogP contribution is -2.05. The number of para-hydroxylation sites is 2. The zero-order valence-electron chi connectivity index (χ0n) is 14.4. The summed E-state index contributed by atoms with van der Waals surface area (Å²) >= 11 is 0. The number of benzene rings is 2. The highest BCUT2D eigenvalue weighted by atomic mass is 16.4. The molecule has 0 aliphatic carbocycles. The van der Waals surface area contributed by atoms with Gasteiger partial charge in [-0.3, -0.25) is 9.98 Å². The highest BCUT2D eigenvalue weighted by Gasteiger charge is 2.12. The maximum absolute atomic E-state index is 11.0. The minimum absolute atomic E-state index is 0.209. The Morgan fingerprint density at radius 1 is 0.926 bits per heavy atom. The average Bonchev–Trinajstić information content (AvgIpc) is 2.61. The van der Waals surface area contributed by atoms with Gasteiger partial charge in [0.15, 0.2) is 0 Å². The van der Waals surface area contributed by atoms with Gasteiger partial charge in [0.05, 0.1) is 12.6 Å². The summed E-state index contributed by atoms with van der Waals surface area (Å²) < 4.78 is 0. The number of carboxylic acids is 2. The van der Waals surface area contributed by atoms with Gasteiger partial charge in [-0.1, -0.05) is 12.1 Å². The van der Waals surface area contributed by atoms with Crippen molar-refractivity contribution < 1.29 is 30.0 Å². The molecule has 0 aliphatic rings. The molecule has 1 atom stereocenters. The maximum atomic E-state index is 11.0. The summed E-state index contributed by atoms with van der Waals surface area (Å²) in [6.45, 7) is 2.01. The van der Waals surface area contributed by atoms with Crippen LogP contribution in [-0.2, 0) is 0 Å². The van der Waals surface area contributed by atoms with Crippen LogP contribution in [0.4, 0.5) is 0 Å². The number of aromatic carboxylic acids is 2. The van der Waals surface area contributed by atoms with Gasteiger partial charge in [-0.2, -0.15) is 0 Å². The molecule has 0 saturated heterocycles. The Balaban J connectivity index is 2.06. The van der Waals surface area contributed by atoms with E-state index < -0.39 is 11.9 Å². The summed E-state index contributed by atoms with van der Waals surface area (Å²) in [5, 5.41) is 37.8. The van der Waals surface area contributed by atoms with E-state index in [4.69, 9.17) is 10.2 Å². The number of phenols is 2. The molecule has 0 spiro atoms. The number of rotatable bonds is 7. The highest BCUT2D eigenvalue weighted by Crippen LogP contribution is 2.22. The lowest BCUT2D eigenvalue weighted by molar-refractivity contribution is 0.0682. The Hall–Kier alpha value is -3.68. The number of carboxylic acid groups (broad SMARTS) is 2. The first-order chi connectivity index (χ1) is 12.8. The summed E-state index contributed by atoms with van der Waals surface area (Å²) in [7, 11) is 0. The smallest absolute Gasteiger partial charge is 0.339 e. The Kier molecular flexibility index (Phi) is 6.27. The molecule has 0 saturated carbocycles. The van der Waals surface area contributed by atoms with Crippen LogP contribution in [0.25, 0.3) is 0 Å². The molecule has 8 heteroatoms. The summed E-state index contributed by atoms with van der Waals surface area (Å²) in [6.07, 6.45) is 2.72. The number of nitrogens with zero attached hydrogens (tertiary/aromatic N) is 2. The molecule has 1 unspecified atom stereocenters. The van der Waals surface area contributed by atoms with Crippen LogP contribution in [-0.4, -0.2) is 57.4 Å². The first-order valence-electron chi connectivity index (χ1n) is 7.94. The van der Waals surface area contributed by atoms with E-state index in [0.717, 1.165) is 0 Å². The largest absolute Gasteiger partial charge is 0.506 e. The molecule has 27 heavy (non-hydrogen) atoms. The third kappa shape index (κ3) is 4.91. The lowest BCUT2D eigenvalue weighted by atomic mass is 10.1. The number of aliphatic imine (C=N–C) groups is 2. The molecule has 0 aromatic heterocycles. The normalized spacial score (nSPS) is 12.5. The fourth-order valence-electron chi connectivity index (χ4n) is 2.23. The second-order valence-corrected chi connectivity index (χ2v) is 5.72. The number of aromatic hydroxyl groups is 2. The van der Waals surface area contributed by atoms with Crippen LogP contribution in [0.15, 0.2) is 46.4 Å². The van der Waals surface area contributed by atoms with Gasteiger partial charge in [-0.15, -0.1) is 0 Å². The fraction of sp³-hybridized carbons (Fsp3) is 0.158. The predicted octanol–water partition coefficient (Wildman–Crippen LogP) is 2.42. The fourth-order valence-corrected chi connectivity index (χ4v) is 2.23. The zero-order chi connectivity index (χ0) is 20.0. The van der Waals surface area contributed by atoms with Gasteiger partial charge in [0.2, 0.25) is 0 Å². The molecule has 4 N–H and O–H groups in total. The van der Waals surface area contributed by atoms with Gasteiger partial charge in [-0.25, -0.2) is 9.59 Å². The molecule has 0 heterocycles. The van der Waals surface area contributed by atoms with Crippen LogP contribution in [0.1, 0.15) is 38.8 Å². The van der Waals surface area contributed by atoms with E-state index in [1.807, 2.05) is 0 Å². The number of hydrogen-bond donors (Lipinski definition) is 4. The van der Waals surface area contributed by atoms with Gasteiger partial charge in [0, 0.05) is 23.6 Å². The molecule has 0 radical (unpaired) electrons. The second-order valence-electron chi connectivity index (χ2n) is 5.72. The summed E-state index contributed by atoms with van der Waals surface area (Å²) in [4.78, 5) is 30.3. The van der Waals surface area contributed by atoms with Crippen LogP contribution < -0.4 is 0 Å². The quantitative estimate of drug-likeness (QED) is 0.552. The monoisotopic (exact) mass is 370 g/mol. The van der Waals surface area contributed by atoms with Crippen molar-refractivity contribution in [3.63, 3.8) is 0 Å². The van der Waals surface area contributed by atoms with E-state index in [9.17, 15) is 19.8 Å². The summed E-state index contributed by atoms with van der Waals surface area (Å²) in [5.74, 6) is -3.19. The zero-order valence-corrected chi connectivity index (χ0v) is 14.4. The molecular weight excluding hydrogens is 352 g/mol. The van der Waals surface area contributed by atoms with Crippen molar-refractivity contribution in [2.45, 2.75) is 13.0 Å². The maximum Gasteiger partial charge on any atom is 0.339 e. The van der Waals surface area contributed by atoms with Crippen molar-refractivity contribution in [2.75, 3.05) is 6.54 Å². The van der Waals surface area contributed by atoms with Crippen LogP contribution in [0.5, 0.6) is 11.5 Å². The Morgan fingerprint density at radius 2 is 1.41 bits per heavy atom. The van der Waals surface area contributed by atoms with E-state index in [2.05, 4.69) is 9.98 Å². The van der Waals surface area contributed by atoms with Crippen molar-refractivity contribution in [1.82, 2.24) is 0 Å². The Labute approximate surface area is 154 Å². The van der Waals surface area contributed by atoms with E-state index in [1.165, 1.54) is 48.8 Å². The third-order valence-electron chi connectivity index (χ3n) is 3.66. The average molecular weight is 370 g/mol. The van der Waals surface area contributed by atoms with Crippen molar-refractivity contribution in [2.24, 2.45) is 9.98 Å². The first-order valence-corrected chi connectivity index (χ1v) is 7.94. The second kappa shape index (κ2) is 8.61. The SMILES string of the molecule is CC(CN=Cc1cccc(C(=O)O)c1O)N=Cc1cccc(C(=O)O)c1O. The minimum atomic E-state index is -1.23. The van der Waals surface area contributed by atoms with E-state index in [0.29, 0.717) is 0 Å². The molecular formula is C19H18N2O6. The minimum Gasteiger partial charge on any atom is -0.506 e. The van der Waals surface area contributed by atoms with Crippen LogP contribution in [0.2, 0.25) is 0 Å². The van der Waals surface area contributed by atoms with Crippen LogP contribution in [0, 0.1) is 0 Å². The highest BCUT2D eigenvalue weighted by molar-refractivity contribution is 5.96. The van der Waals surface area contributed by atoms with E-state index >= 15 is 0 Å². The van der Waals surface area contributed by atoms with Gasteiger partial charge in [0.25, 0.3) is 0 Å². The van der Waals surface area contributed by atoms with Crippen molar-refractivity contribution in [1.29, 1.82) is 0 Å². The first kappa shape index (κ1) is 19.6. The molecule has 0 amide bonds. The molecule has 2 rings (SSSR count). The third-order valence-corrected chi connectivity index (χ3v) is 3.66. The standard InChI is InChI=1S/C19H18N2O6/c1-11(21-10-13-5-3-7-15(17(13)23)19(26)27)8-20-9-12-4-2-6-14(16(12)22)18(24)25/h2-7,9-11,22-23H,8H2,1H3,(H,24,25)(H,26,27). The molecule has 8 nitrogen and oxygen atoms in total. The van der Waals surface area contributed by atoms with Gasteiger partial charge in [0.1, 0.15) is 22.6 Å².